The number of piperidine rings is 1. The van der Waals surface area contributed by atoms with Crippen molar-refractivity contribution in [2.75, 3.05) is 39.0 Å². The zero-order valence-electron chi connectivity index (χ0n) is 17.9. The fraction of sp³-hybridized carbons (Fsp3) is 0.591. The number of benzene rings is 1. The molecule has 0 unspecified atom stereocenters. The molecular formula is C22H31FN2O4S. The van der Waals surface area contributed by atoms with Crippen molar-refractivity contribution in [3.8, 4) is 5.75 Å². The van der Waals surface area contributed by atoms with Crippen LogP contribution in [0.15, 0.2) is 30.3 Å². The van der Waals surface area contributed by atoms with E-state index >= 15 is 0 Å². The minimum absolute atomic E-state index is 0.347. The third kappa shape index (κ3) is 5.82. The van der Waals surface area contributed by atoms with Gasteiger partial charge < -0.3 is 9.64 Å². The van der Waals surface area contributed by atoms with E-state index in [4.69, 9.17) is 4.74 Å². The van der Waals surface area contributed by atoms with Crippen molar-refractivity contribution in [3.05, 3.63) is 35.9 Å². The van der Waals surface area contributed by atoms with Crippen LogP contribution in [0.25, 0.3) is 5.57 Å². The summed E-state index contributed by atoms with van der Waals surface area (Å²) in [7, 11) is -3.14. The Labute approximate surface area is 178 Å². The second-order valence-corrected chi connectivity index (χ2v) is 10.6. The largest absolute Gasteiger partial charge is 0.493 e. The molecule has 2 heterocycles. The molecule has 166 valence electrons. The molecule has 0 aromatic heterocycles. The first-order valence-electron chi connectivity index (χ1n) is 10.4. The summed E-state index contributed by atoms with van der Waals surface area (Å²) in [6.45, 7) is 5.23. The zero-order chi connectivity index (χ0) is 21.9. The number of likely N-dealkylation sites (tertiary alicyclic amines) is 1. The molecule has 0 atom stereocenters. The van der Waals surface area contributed by atoms with E-state index in [1.807, 2.05) is 30.3 Å². The highest BCUT2D eigenvalue weighted by Crippen LogP contribution is 2.26. The average Bonchev–Trinajstić information content (AvgIpc) is 2.71. The lowest BCUT2D eigenvalue weighted by molar-refractivity contribution is -0.143. The fourth-order valence-corrected chi connectivity index (χ4v) is 4.64. The lowest BCUT2D eigenvalue weighted by Crippen LogP contribution is -2.47. The van der Waals surface area contributed by atoms with Crippen molar-refractivity contribution in [1.29, 1.82) is 0 Å². The van der Waals surface area contributed by atoms with E-state index in [0.717, 1.165) is 29.7 Å². The van der Waals surface area contributed by atoms with Crippen molar-refractivity contribution < 1.29 is 22.3 Å². The Morgan fingerprint density at radius 1 is 1.17 bits per heavy atom. The number of sulfonamides is 1. The summed E-state index contributed by atoms with van der Waals surface area (Å²) in [5, 5.41) is 0. The van der Waals surface area contributed by atoms with Gasteiger partial charge in [-0.3, -0.25) is 4.79 Å². The minimum atomic E-state index is -3.14. The molecule has 0 spiro atoms. The van der Waals surface area contributed by atoms with Gasteiger partial charge in [-0.05, 0) is 62.3 Å². The Kier molecular flexibility index (Phi) is 6.87. The van der Waals surface area contributed by atoms with Gasteiger partial charge in [0.05, 0.1) is 12.9 Å². The highest BCUT2D eigenvalue weighted by molar-refractivity contribution is 7.88. The van der Waals surface area contributed by atoms with Crippen LogP contribution in [0.4, 0.5) is 4.39 Å². The van der Waals surface area contributed by atoms with Crippen LogP contribution < -0.4 is 4.74 Å². The number of hydrogen-bond donors (Lipinski definition) is 0. The molecule has 1 aromatic carbocycles. The molecule has 1 aromatic rings. The van der Waals surface area contributed by atoms with Crippen molar-refractivity contribution in [1.82, 2.24) is 9.21 Å². The number of halogens is 1. The summed E-state index contributed by atoms with van der Waals surface area (Å²) < 4.78 is 44.5. The topological polar surface area (TPSA) is 66.9 Å². The van der Waals surface area contributed by atoms with Gasteiger partial charge in [0.15, 0.2) is 5.67 Å². The van der Waals surface area contributed by atoms with Gasteiger partial charge in [-0.1, -0.05) is 18.2 Å². The number of nitrogens with zero attached hydrogens (tertiary/aromatic N) is 2. The molecule has 1 saturated heterocycles. The summed E-state index contributed by atoms with van der Waals surface area (Å²) in [6, 6.07) is 7.87. The number of carbonyl (C=O) groups is 1. The molecule has 2 aliphatic heterocycles. The van der Waals surface area contributed by atoms with Gasteiger partial charge in [0.2, 0.25) is 10.0 Å². The van der Waals surface area contributed by atoms with Crippen molar-refractivity contribution in [2.24, 2.45) is 5.92 Å². The van der Waals surface area contributed by atoms with Crippen molar-refractivity contribution in [2.45, 2.75) is 38.8 Å². The van der Waals surface area contributed by atoms with Gasteiger partial charge in [0, 0.05) is 26.2 Å². The Balaban J connectivity index is 1.47. The predicted octanol–water partition coefficient (Wildman–Crippen LogP) is 3.10. The Bertz CT molecular complexity index is 883. The van der Waals surface area contributed by atoms with Crippen molar-refractivity contribution >= 4 is 21.5 Å². The van der Waals surface area contributed by atoms with Gasteiger partial charge in [0.1, 0.15) is 5.75 Å². The molecule has 6 nitrogen and oxygen atoms in total. The maximum atomic E-state index is 13.8. The first kappa shape index (κ1) is 22.7. The SMILES string of the molecule is CC(C)(F)C(=O)N1CCC(COc2ccc(C3=CCN(S(C)(=O)=O)CC3)cc2)CC1. The third-order valence-corrected chi connectivity index (χ3v) is 7.03. The molecule has 3 rings (SSSR count). The van der Waals surface area contributed by atoms with E-state index in [9.17, 15) is 17.6 Å². The fourth-order valence-electron chi connectivity index (χ4n) is 3.87. The van der Waals surface area contributed by atoms with E-state index < -0.39 is 21.6 Å². The number of carbonyl (C=O) groups excluding carboxylic acids is 1. The summed E-state index contributed by atoms with van der Waals surface area (Å²) >= 11 is 0. The van der Waals surface area contributed by atoms with Crippen molar-refractivity contribution in [3.63, 3.8) is 0 Å². The quantitative estimate of drug-likeness (QED) is 0.685. The van der Waals surface area contributed by atoms with Gasteiger partial charge in [-0.25, -0.2) is 12.8 Å². The second kappa shape index (κ2) is 9.06. The second-order valence-electron chi connectivity index (χ2n) is 8.64. The van der Waals surface area contributed by atoms with Crippen LogP contribution in [0.2, 0.25) is 0 Å². The molecule has 0 radical (unpaired) electrons. The lowest BCUT2D eigenvalue weighted by Gasteiger charge is -2.34. The summed E-state index contributed by atoms with van der Waals surface area (Å²) in [4.78, 5) is 13.6. The van der Waals surface area contributed by atoms with Gasteiger partial charge in [0.25, 0.3) is 5.91 Å². The van der Waals surface area contributed by atoms with Crippen LogP contribution >= 0.6 is 0 Å². The minimum Gasteiger partial charge on any atom is -0.493 e. The number of alkyl halides is 1. The average molecular weight is 439 g/mol. The molecule has 0 saturated carbocycles. The van der Waals surface area contributed by atoms with E-state index in [2.05, 4.69) is 0 Å². The Morgan fingerprint density at radius 3 is 2.30 bits per heavy atom. The van der Waals surface area contributed by atoms with Crippen LogP contribution in [0.3, 0.4) is 0 Å². The molecule has 8 heteroatoms. The third-order valence-electron chi connectivity index (χ3n) is 5.76. The van der Waals surface area contributed by atoms with E-state index in [0.29, 0.717) is 45.1 Å². The van der Waals surface area contributed by atoms with Crippen LogP contribution in [-0.4, -0.2) is 68.2 Å². The first-order chi connectivity index (χ1) is 14.0. The maximum absolute atomic E-state index is 13.8. The number of rotatable bonds is 6. The highest BCUT2D eigenvalue weighted by Gasteiger charge is 2.33. The molecule has 1 fully saturated rings. The van der Waals surface area contributed by atoms with E-state index in [-0.39, 0.29) is 0 Å². The van der Waals surface area contributed by atoms with Crippen LogP contribution in [0.5, 0.6) is 5.75 Å². The molecule has 0 bridgehead atoms. The first-order valence-corrected chi connectivity index (χ1v) is 12.2. The Hall–Kier alpha value is -1.93. The van der Waals surface area contributed by atoms with Crippen LogP contribution in [-0.2, 0) is 14.8 Å². The molecule has 0 N–H and O–H groups in total. The monoisotopic (exact) mass is 438 g/mol. The summed E-state index contributed by atoms with van der Waals surface area (Å²) in [6.07, 6.45) is 5.52. The van der Waals surface area contributed by atoms with Gasteiger partial charge in [-0.2, -0.15) is 4.31 Å². The van der Waals surface area contributed by atoms with E-state index in [1.165, 1.54) is 24.4 Å². The molecule has 1 amide bonds. The lowest BCUT2D eigenvalue weighted by atomic mass is 9.96. The molecule has 2 aliphatic rings. The predicted molar refractivity (Wildman–Crippen MR) is 115 cm³/mol. The normalized spacial score (nSPS) is 19.5. The van der Waals surface area contributed by atoms with Crippen LogP contribution in [0, 0.1) is 5.92 Å². The number of hydrogen-bond acceptors (Lipinski definition) is 4. The number of ether oxygens (including phenoxy) is 1. The summed E-state index contributed by atoms with van der Waals surface area (Å²) in [5.74, 6) is 0.699. The maximum Gasteiger partial charge on any atom is 0.259 e. The highest BCUT2D eigenvalue weighted by atomic mass is 32.2. The molecule has 0 aliphatic carbocycles. The molecular weight excluding hydrogens is 407 g/mol. The molecule has 30 heavy (non-hydrogen) atoms. The summed E-state index contributed by atoms with van der Waals surface area (Å²) in [5.41, 5.74) is 0.410. The van der Waals surface area contributed by atoms with Gasteiger partial charge in [-0.15, -0.1) is 0 Å². The number of amides is 1. The van der Waals surface area contributed by atoms with Gasteiger partial charge >= 0.3 is 0 Å². The smallest absolute Gasteiger partial charge is 0.259 e. The standard InChI is InChI=1S/C22H31FN2O4S/c1-22(2,23)21(26)24-12-8-17(9-13-24)16-29-20-6-4-18(5-7-20)19-10-14-25(15-11-19)30(3,27)28/h4-7,10,17H,8-9,11-16H2,1-3H3. The Morgan fingerprint density at radius 2 is 1.80 bits per heavy atom. The van der Waals surface area contributed by atoms with Crippen LogP contribution in [0.1, 0.15) is 38.7 Å². The zero-order valence-corrected chi connectivity index (χ0v) is 18.8. The van der Waals surface area contributed by atoms with E-state index in [1.54, 1.807) is 4.90 Å².